The molecule has 5 heteroatoms. The molecule has 0 aliphatic carbocycles. The Kier molecular flexibility index (Phi) is 4.89. The van der Waals surface area contributed by atoms with E-state index in [4.69, 9.17) is 4.42 Å². The number of benzene rings is 1. The van der Waals surface area contributed by atoms with Gasteiger partial charge in [0, 0.05) is 20.5 Å². The molecule has 1 heterocycles. The zero-order valence-corrected chi connectivity index (χ0v) is 14.2. The van der Waals surface area contributed by atoms with E-state index >= 15 is 0 Å². The Balaban J connectivity index is 2.32. The van der Waals surface area contributed by atoms with Crippen molar-refractivity contribution in [2.45, 2.75) is 27.2 Å². The molecule has 0 spiro atoms. The lowest BCUT2D eigenvalue weighted by atomic mass is 10.1. The molecule has 0 atom stereocenters. The molecule has 0 bridgehead atoms. The van der Waals surface area contributed by atoms with E-state index in [0.29, 0.717) is 11.3 Å². The maximum absolute atomic E-state index is 12.4. The Morgan fingerprint density at radius 1 is 1.17 bits per heavy atom. The standard InChI is InChI=1S/C18H22N2O3/c1-6-15-12(3)10-16(23-15)17(21)19-14-8-7-11(2)9-13(14)18(22)20(4)5/h7-10H,6H2,1-5H3,(H,19,21). The Morgan fingerprint density at radius 2 is 1.87 bits per heavy atom. The smallest absolute Gasteiger partial charge is 0.291 e. The third-order valence-electron chi connectivity index (χ3n) is 3.63. The molecule has 5 nitrogen and oxygen atoms in total. The van der Waals surface area contributed by atoms with Crippen molar-refractivity contribution in [1.82, 2.24) is 4.90 Å². The van der Waals surface area contributed by atoms with Gasteiger partial charge in [-0.2, -0.15) is 0 Å². The van der Waals surface area contributed by atoms with Crippen molar-refractivity contribution in [1.29, 1.82) is 0 Å². The number of carbonyl (C=O) groups excluding carboxylic acids is 2. The molecule has 0 aliphatic heterocycles. The quantitative estimate of drug-likeness (QED) is 0.940. The van der Waals surface area contributed by atoms with Crippen molar-refractivity contribution in [3.8, 4) is 0 Å². The molecule has 2 rings (SSSR count). The molecule has 1 aromatic carbocycles. The highest BCUT2D eigenvalue weighted by Crippen LogP contribution is 2.21. The summed E-state index contributed by atoms with van der Waals surface area (Å²) in [4.78, 5) is 26.2. The molecule has 0 saturated heterocycles. The second kappa shape index (κ2) is 6.69. The SMILES string of the molecule is CCc1oc(C(=O)Nc2ccc(C)cc2C(=O)N(C)C)cc1C. The minimum absolute atomic E-state index is 0.158. The first-order valence-electron chi connectivity index (χ1n) is 7.56. The lowest BCUT2D eigenvalue weighted by molar-refractivity contribution is 0.0828. The van der Waals surface area contributed by atoms with Crippen LogP contribution >= 0.6 is 0 Å². The Labute approximate surface area is 136 Å². The molecule has 1 N–H and O–H groups in total. The molecule has 2 amide bonds. The molecule has 2 aromatic rings. The number of furan rings is 1. The molecule has 0 unspecified atom stereocenters. The van der Waals surface area contributed by atoms with Gasteiger partial charge in [0.15, 0.2) is 5.76 Å². The molecule has 1 aromatic heterocycles. The van der Waals surface area contributed by atoms with Crippen LogP contribution in [0.5, 0.6) is 0 Å². The number of nitrogens with one attached hydrogen (secondary N) is 1. The minimum Gasteiger partial charge on any atom is -0.456 e. The summed E-state index contributed by atoms with van der Waals surface area (Å²) in [6.45, 7) is 5.79. The van der Waals surface area contributed by atoms with Crippen LogP contribution in [0.25, 0.3) is 0 Å². The van der Waals surface area contributed by atoms with Gasteiger partial charge in [0.2, 0.25) is 0 Å². The largest absolute Gasteiger partial charge is 0.456 e. The molecule has 0 saturated carbocycles. The number of aryl methyl sites for hydroxylation is 3. The van der Waals surface area contributed by atoms with Crippen LogP contribution in [0.15, 0.2) is 28.7 Å². The zero-order chi connectivity index (χ0) is 17.1. The van der Waals surface area contributed by atoms with Gasteiger partial charge < -0.3 is 14.6 Å². The fourth-order valence-corrected chi connectivity index (χ4v) is 2.35. The van der Waals surface area contributed by atoms with E-state index in [-0.39, 0.29) is 17.6 Å². The van der Waals surface area contributed by atoms with Gasteiger partial charge >= 0.3 is 0 Å². The van der Waals surface area contributed by atoms with Crippen LogP contribution in [0.2, 0.25) is 0 Å². The van der Waals surface area contributed by atoms with Gasteiger partial charge in [-0.25, -0.2) is 0 Å². The fourth-order valence-electron chi connectivity index (χ4n) is 2.35. The van der Waals surface area contributed by atoms with Crippen molar-refractivity contribution in [3.63, 3.8) is 0 Å². The van der Waals surface area contributed by atoms with Crippen LogP contribution in [-0.4, -0.2) is 30.8 Å². The number of rotatable bonds is 4. The maximum Gasteiger partial charge on any atom is 0.291 e. The van der Waals surface area contributed by atoms with Gasteiger partial charge in [-0.1, -0.05) is 18.6 Å². The van der Waals surface area contributed by atoms with E-state index < -0.39 is 0 Å². The highest BCUT2D eigenvalue weighted by molar-refractivity contribution is 6.08. The summed E-state index contributed by atoms with van der Waals surface area (Å²) in [5.74, 6) is 0.533. The average molecular weight is 314 g/mol. The molecule has 23 heavy (non-hydrogen) atoms. The van der Waals surface area contributed by atoms with Crippen LogP contribution in [0.1, 0.15) is 44.7 Å². The first kappa shape index (κ1) is 16.8. The Hall–Kier alpha value is -2.56. The van der Waals surface area contributed by atoms with Crippen LogP contribution in [0, 0.1) is 13.8 Å². The predicted molar refractivity (Wildman–Crippen MR) is 90.0 cm³/mol. The van der Waals surface area contributed by atoms with Gasteiger partial charge in [-0.3, -0.25) is 9.59 Å². The van der Waals surface area contributed by atoms with Crippen molar-refractivity contribution in [2.24, 2.45) is 0 Å². The van der Waals surface area contributed by atoms with Gasteiger partial charge in [-0.05, 0) is 37.6 Å². The predicted octanol–water partition coefficient (Wildman–Crippen LogP) is 3.41. The second-order valence-electron chi connectivity index (χ2n) is 5.77. The highest BCUT2D eigenvalue weighted by Gasteiger charge is 2.18. The maximum atomic E-state index is 12.4. The number of hydrogen-bond acceptors (Lipinski definition) is 3. The van der Waals surface area contributed by atoms with E-state index in [0.717, 1.165) is 23.3 Å². The van der Waals surface area contributed by atoms with Gasteiger partial charge in [0.1, 0.15) is 5.76 Å². The van der Waals surface area contributed by atoms with E-state index in [1.807, 2.05) is 26.8 Å². The summed E-state index contributed by atoms with van der Waals surface area (Å²) >= 11 is 0. The topological polar surface area (TPSA) is 62.6 Å². The zero-order valence-electron chi connectivity index (χ0n) is 14.2. The monoisotopic (exact) mass is 314 g/mol. The lowest BCUT2D eigenvalue weighted by Gasteiger charge is -2.15. The van der Waals surface area contributed by atoms with Crippen LogP contribution in [0.3, 0.4) is 0 Å². The first-order chi connectivity index (χ1) is 10.8. The number of amides is 2. The van der Waals surface area contributed by atoms with E-state index in [1.165, 1.54) is 4.90 Å². The number of hydrogen-bond donors (Lipinski definition) is 1. The Bertz CT molecular complexity index is 745. The summed E-state index contributed by atoms with van der Waals surface area (Å²) in [5, 5.41) is 2.77. The van der Waals surface area contributed by atoms with Crippen LogP contribution < -0.4 is 5.32 Å². The van der Waals surface area contributed by atoms with Crippen molar-refractivity contribution in [2.75, 3.05) is 19.4 Å². The van der Waals surface area contributed by atoms with Crippen molar-refractivity contribution >= 4 is 17.5 Å². The van der Waals surface area contributed by atoms with E-state index in [1.54, 1.807) is 32.3 Å². The normalized spacial score (nSPS) is 10.5. The molecule has 0 fully saturated rings. The third-order valence-corrected chi connectivity index (χ3v) is 3.63. The average Bonchev–Trinajstić information content (AvgIpc) is 2.89. The molecule has 122 valence electrons. The molecule has 0 radical (unpaired) electrons. The van der Waals surface area contributed by atoms with E-state index in [9.17, 15) is 9.59 Å². The van der Waals surface area contributed by atoms with Gasteiger partial charge in [-0.15, -0.1) is 0 Å². The molecular formula is C18H22N2O3. The van der Waals surface area contributed by atoms with Crippen molar-refractivity contribution < 1.29 is 14.0 Å². The summed E-state index contributed by atoms with van der Waals surface area (Å²) in [6.07, 6.45) is 0.730. The third kappa shape index (κ3) is 3.62. The van der Waals surface area contributed by atoms with Crippen LogP contribution in [0.4, 0.5) is 5.69 Å². The van der Waals surface area contributed by atoms with Gasteiger partial charge in [0.25, 0.3) is 11.8 Å². The lowest BCUT2D eigenvalue weighted by Crippen LogP contribution is -2.24. The summed E-state index contributed by atoms with van der Waals surface area (Å²) in [7, 11) is 3.36. The summed E-state index contributed by atoms with van der Waals surface area (Å²) in [6, 6.07) is 7.08. The number of anilines is 1. The minimum atomic E-state index is -0.357. The summed E-state index contributed by atoms with van der Waals surface area (Å²) in [5.41, 5.74) is 2.84. The fraction of sp³-hybridized carbons (Fsp3) is 0.333. The summed E-state index contributed by atoms with van der Waals surface area (Å²) < 4.78 is 5.56. The van der Waals surface area contributed by atoms with Crippen molar-refractivity contribution in [3.05, 3.63) is 52.5 Å². The highest BCUT2D eigenvalue weighted by atomic mass is 16.4. The van der Waals surface area contributed by atoms with E-state index in [2.05, 4.69) is 5.32 Å². The number of nitrogens with zero attached hydrogens (tertiary/aromatic N) is 1. The van der Waals surface area contributed by atoms with Gasteiger partial charge in [0.05, 0.1) is 11.3 Å². The molecule has 0 aliphatic rings. The first-order valence-corrected chi connectivity index (χ1v) is 7.56. The van der Waals surface area contributed by atoms with Crippen LogP contribution in [-0.2, 0) is 6.42 Å². The molecular weight excluding hydrogens is 292 g/mol. The number of carbonyl (C=O) groups is 2. The Morgan fingerprint density at radius 3 is 2.43 bits per heavy atom. The second-order valence-corrected chi connectivity index (χ2v) is 5.77.